The number of nitrogens with one attached hydrogen (secondary N) is 1. The maximum Gasteiger partial charge on any atom is 0.271 e. The van der Waals surface area contributed by atoms with Crippen LogP contribution in [-0.2, 0) is 11.2 Å². The summed E-state index contributed by atoms with van der Waals surface area (Å²) in [6.45, 7) is 4.00. The van der Waals surface area contributed by atoms with E-state index in [0.717, 1.165) is 0 Å². The Morgan fingerprint density at radius 3 is 2.77 bits per heavy atom. The summed E-state index contributed by atoms with van der Waals surface area (Å²) in [6, 6.07) is 5.12. The zero-order chi connectivity index (χ0) is 16.3. The van der Waals surface area contributed by atoms with Crippen LogP contribution >= 0.6 is 0 Å². The zero-order valence-corrected chi connectivity index (χ0v) is 12.6. The van der Waals surface area contributed by atoms with Crippen molar-refractivity contribution in [3.05, 3.63) is 29.6 Å². The van der Waals surface area contributed by atoms with Crippen LogP contribution in [0.2, 0.25) is 0 Å². The molecule has 1 aromatic carbocycles. The largest absolute Gasteiger partial charge is 0.497 e. The predicted octanol–water partition coefficient (Wildman–Crippen LogP) is 0.896. The maximum absolute atomic E-state index is 11.9. The first-order valence-corrected chi connectivity index (χ1v) is 6.83. The van der Waals surface area contributed by atoms with Gasteiger partial charge in [0.15, 0.2) is 5.69 Å². The number of ether oxygens (including phenoxy) is 1. The molecule has 8 nitrogen and oxygen atoms in total. The standard InChI is InChI=1S/C12H11N5O3.C2H6/c1-20-6-2-3-7-8(4-6)17-9(5-10(18)14-7)11(12(13)19)15-16-17;1-2/h2-4H,5H2,1H3,(H2,13,19)(H,14,18);1-2H3. The molecule has 116 valence electrons. The maximum atomic E-state index is 11.9. The number of amides is 2. The van der Waals surface area contributed by atoms with E-state index in [9.17, 15) is 9.59 Å². The highest BCUT2D eigenvalue weighted by Crippen LogP contribution is 2.29. The van der Waals surface area contributed by atoms with Gasteiger partial charge in [-0.15, -0.1) is 5.10 Å². The number of hydrogen-bond acceptors (Lipinski definition) is 5. The van der Waals surface area contributed by atoms with Gasteiger partial charge in [-0.2, -0.15) is 0 Å². The van der Waals surface area contributed by atoms with Gasteiger partial charge in [0.05, 0.1) is 30.6 Å². The third-order valence-corrected chi connectivity index (χ3v) is 3.03. The van der Waals surface area contributed by atoms with Gasteiger partial charge in [0, 0.05) is 6.07 Å². The summed E-state index contributed by atoms with van der Waals surface area (Å²) in [4.78, 5) is 23.2. The lowest BCUT2D eigenvalue weighted by atomic mass is 10.2. The number of primary amides is 1. The van der Waals surface area contributed by atoms with Crippen LogP contribution in [0.25, 0.3) is 5.69 Å². The first kappa shape index (κ1) is 15.5. The van der Waals surface area contributed by atoms with Crippen LogP contribution in [0.5, 0.6) is 5.75 Å². The molecule has 3 rings (SSSR count). The quantitative estimate of drug-likeness (QED) is 0.855. The molecule has 1 aliphatic rings. The number of methoxy groups -OCH3 is 1. The molecule has 0 fully saturated rings. The fourth-order valence-electron chi connectivity index (χ4n) is 2.11. The van der Waals surface area contributed by atoms with Gasteiger partial charge in [-0.25, -0.2) is 4.68 Å². The Balaban J connectivity index is 0.000000847. The van der Waals surface area contributed by atoms with Crippen molar-refractivity contribution in [2.45, 2.75) is 20.3 Å². The van der Waals surface area contributed by atoms with Gasteiger partial charge in [-0.3, -0.25) is 9.59 Å². The summed E-state index contributed by atoms with van der Waals surface area (Å²) in [7, 11) is 1.54. The summed E-state index contributed by atoms with van der Waals surface area (Å²) >= 11 is 0. The molecule has 0 spiro atoms. The second-order valence-corrected chi connectivity index (χ2v) is 4.27. The third kappa shape index (κ3) is 2.62. The highest BCUT2D eigenvalue weighted by molar-refractivity contribution is 5.99. The minimum absolute atomic E-state index is 0.00387. The topological polar surface area (TPSA) is 112 Å². The molecule has 2 heterocycles. The number of fused-ring (bicyclic) bond motifs is 3. The monoisotopic (exact) mass is 303 g/mol. The summed E-state index contributed by atoms with van der Waals surface area (Å²) in [5.74, 6) is -0.382. The molecule has 2 aromatic rings. The summed E-state index contributed by atoms with van der Waals surface area (Å²) < 4.78 is 6.58. The highest BCUT2D eigenvalue weighted by Gasteiger charge is 2.26. The number of aromatic nitrogens is 3. The van der Waals surface area contributed by atoms with Gasteiger partial charge >= 0.3 is 0 Å². The van der Waals surface area contributed by atoms with Gasteiger partial charge < -0.3 is 15.8 Å². The Labute approximate surface area is 127 Å². The van der Waals surface area contributed by atoms with Crippen LogP contribution in [0.1, 0.15) is 30.0 Å². The average Bonchev–Trinajstić information content (AvgIpc) is 2.87. The minimum Gasteiger partial charge on any atom is -0.497 e. The Hall–Kier alpha value is -2.90. The average molecular weight is 303 g/mol. The molecule has 3 N–H and O–H groups in total. The number of benzene rings is 1. The van der Waals surface area contributed by atoms with Crippen molar-refractivity contribution in [2.75, 3.05) is 12.4 Å². The lowest BCUT2D eigenvalue weighted by molar-refractivity contribution is -0.115. The number of hydrogen-bond donors (Lipinski definition) is 2. The molecule has 1 aromatic heterocycles. The number of carbonyl (C=O) groups is 2. The van der Waals surface area contributed by atoms with Crippen LogP contribution in [-0.4, -0.2) is 33.9 Å². The molecule has 22 heavy (non-hydrogen) atoms. The molecule has 2 amide bonds. The Morgan fingerprint density at radius 1 is 1.41 bits per heavy atom. The molecular formula is C14H17N5O3. The molecule has 0 unspecified atom stereocenters. The molecule has 0 radical (unpaired) electrons. The molecule has 0 saturated heterocycles. The number of rotatable bonds is 2. The zero-order valence-electron chi connectivity index (χ0n) is 12.6. The molecule has 0 bridgehead atoms. The molecule has 8 heteroatoms. The van der Waals surface area contributed by atoms with Crippen LogP contribution in [0.15, 0.2) is 18.2 Å². The molecule has 0 aliphatic carbocycles. The normalized spacial score (nSPS) is 12.0. The fourth-order valence-corrected chi connectivity index (χ4v) is 2.11. The lowest BCUT2D eigenvalue weighted by Gasteiger charge is -2.09. The number of anilines is 1. The predicted molar refractivity (Wildman–Crippen MR) is 80.1 cm³/mol. The number of nitrogens with two attached hydrogens (primary N) is 1. The second kappa shape index (κ2) is 6.25. The van der Waals surface area contributed by atoms with E-state index in [2.05, 4.69) is 15.6 Å². The smallest absolute Gasteiger partial charge is 0.271 e. The Kier molecular flexibility index (Phi) is 4.40. The number of carbonyl (C=O) groups excluding carboxylic acids is 2. The third-order valence-electron chi connectivity index (χ3n) is 3.03. The summed E-state index contributed by atoms with van der Waals surface area (Å²) in [5, 5.41) is 10.4. The Morgan fingerprint density at radius 2 is 2.14 bits per heavy atom. The summed E-state index contributed by atoms with van der Waals surface area (Å²) in [5.41, 5.74) is 6.74. The van der Waals surface area contributed by atoms with Crippen molar-refractivity contribution in [3.8, 4) is 11.4 Å². The van der Waals surface area contributed by atoms with E-state index in [-0.39, 0.29) is 18.0 Å². The minimum atomic E-state index is -0.717. The van der Waals surface area contributed by atoms with E-state index >= 15 is 0 Å². The first-order valence-electron chi connectivity index (χ1n) is 6.83. The summed E-state index contributed by atoms with van der Waals surface area (Å²) in [6.07, 6.45) is -0.0255. The van der Waals surface area contributed by atoms with Crippen LogP contribution in [0, 0.1) is 0 Å². The van der Waals surface area contributed by atoms with Crippen molar-refractivity contribution in [2.24, 2.45) is 5.73 Å². The molecular weight excluding hydrogens is 286 g/mol. The van der Waals surface area contributed by atoms with Crippen molar-refractivity contribution >= 4 is 17.5 Å². The van der Waals surface area contributed by atoms with E-state index in [4.69, 9.17) is 10.5 Å². The van der Waals surface area contributed by atoms with Crippen LogP contribution in [0.3, 0.4) is 0 Å². The van der Waals surface area contributed by atoms with E-state index in [1.807, 2.05) is 13.8 Å². The molecule has 1 aliphatic heterocycles. The highest BCUT2D eigenvalue weighted by atomic mass is 16.5. The fraction of sp³-hybridized carbons (Fsp3) is 0.286. The van der Waals surface area contributed by atoms with Crippen molar-refractivity contribution in [3.63, 3.8) is 0 Å². The van der Waals surface area contributed by atoms with E-state index in [0.29, 0.717) is 22.8 Å². The van der Waals surface area contributed by atoms with E-state index in [1.54, 1.807) is 18.2 Å². The van der Waals surface area contributed by atoms with Crippen LogP contribution < -0.4 is 15.8 Å². The van der Waals surface area contributed by atoms with Gasteiger partial charge in [-0.1, -0.05) is 19.1 Å². The van der Waals surface area contributed by atoms with Gasteiger partial charge in [0.1, 0.15) is 5.75 Å². The van der Waals surface area contributed by atoms with Gasteiger partial charge in [0.25, 0.3) is 5.91 Å². The van der Waals surface area contributed by atoms with Gasteiger partial charge in [0.2, 0.25) is 5.91 Å². The van der Waals surface area contributed by atoms with Gasteiger partial charge in [-0.05, 0) is 12.1 Å². The number of nitrogens with zero attached hydrogens (tertiary/aromatic N) is 3. The van der Waals surface area contributed by atoms with Crippen molar-refractivity contribution in [1.29, 1.82) is 0 Å². The van der Waals surface area contributed by atoms with E-state index < -0.39 is 5.91 Å². The first-order chi connectivity index (χ1) is 10.6. The molecule has 0 atom stereocenters. The van der Waals surface area contributed by atoms with Crippen molar-refractivity contribution in [1.82, 2.24) is 15.0 Å². The second-order valence-electron chi connectivity index (χ2n) is 4.27. The van der Waals surface area contributed by atoms with Crippen LogP contribution in [0.4, 0.5) is 5.69 Å². The lowest BCUT2D eigenvalue weighted by Crippen LogP contribution is -2.18. The van der Waals surface area contributed by atoms with E-state index in [1.165, 1.54) is 11.8 Å². The molecule has 0 saturated carbocycles. The Bertz CT molecular complexity index is 723. The SMILES string of the molecule is CC.COc1ccc2c(c1)-n1nnc(C(N)=O)c1CC(=O)N2. The van der Waals surface area contributed by atoms with Crippen molar-refractivity contribution < 1.29 is 14.3 Å².